The van der Waals surface area contributed by atoms with Crippen LogP contribution in [0.5, 0.6) is 0 Å². The maximum Gasteiger partial charge on any atom is 0.241 e. The molecule has 7 heteroatoms. The molecule has 3 amide bonds. The lowest BCUT2D eigenvalue weighted by Gasteiger charge is -2.30. The lowest BCUT2D eigenvalue weighted by Crippen LogP contribution is -2.43. The van der Waals surface area contributed by atoms with E-state index >= 15 is 0 Å². The molecule has 0 aliphatic carbocycles. The van der Waals surface area contributed by atoms with Crippen molar-refractivity contribution < 1.29 is 14.4 Å². The Morgan fingerprint density at radius 3 is 2.62 bits per heavy atom. The number of hydrogen-bond donors (Lipinski definition) is 0. The molecule has 34 heavy (non-hydrogen) atoms. The fourth-order valence-corrected chi connectivity index (χ4v) is 6.06. The van der Waals surface area contributed by atoms with Crippen molar-refractivity contribution in [1.29, 1.82) is 0 Å². The summed E-state index contributed by atoms with van der Waals surface area (Å²) in [4.78, 5) is 46.8. The molecule has 2 aliphatic heterocycles. The first-order valence-corrected chi connectivity index (χ1v) is 13.1. The number of benzene rings is 1. The Hall–Kier alpha value is -2.51. The van der Waals surface area contributed by atoms with Crippen molar-refractivity contribution in [2.24, 2.45) is 11.8 Å². The van der Waals surface area contributed by atoms with E-state index < -0.39 is 5.41 Å². The van der Waals surface area contributed by atoms with Crippen LogP contribution in [0.25, 0.3) is 0 Å². The van der Waals surface area contributed by atoms with Crippen LogP contribution in [0.2, 0.25) is 0 Å². The van der Waals surface area contributed by atoms with E-state index in [1.807, 2.05) is 54.9 Å². The summed E-state index contributed by atoms with van der Waals surface area (Å²) >= 11 is 1.52. The first kappa shape index (κ1) is 24.6. The van der Waals surface area contributed by atoms with Crippen molar-refractivity contribution in [3.8, 4) is 0 Å². The summed E-state index contributed by atoms with van der Waals surface area (Å²) in [6.45, 7) is 8.57. The summed E-state index contributed by atoms with van der Waals surface area (Å²) in [6.07, 6.45) is 1.13. The minimum absolute atomic E-state index is 0.0153. The monoisotopic (exact) mass is 481 g/mol. The van der Waals surface area contributed by atoms with E-state index in [0.717, 1.165) is 36.5 Å². The van der Waals surface area contributed by atoms with Crippen molar-refractivity contribution in [2.45, 2.75) is 45.1 Å². The third-order valence-electron chi connectivity index (χ3n) is 7.03. The van der Waals surface area contributed by atoms with E-state index in [1.165, 1.54) is 16.2 Å². The first-order valence-electron chi connectivity index (χ1n) is 12.2. The van der Waals surface area contributed by atoms with Crippen molar-refractivity contribution in [3.05, 3.63) is 58.3 Å². The number of nitrogens with zero attached hydrogens (tertiary/aromatic N) is 3. The summed E-state index contributed by atoms with van der Waals surface area (Å²) in [5.74, 6) is 0.523. The maximum absolute atomic E-state index is 13.7. The van der Waals surface area contributed by atoms with Crippen molar-refractivity contribution >= 4 is 29.1 Å². The van der Waals surface area contributed by atoms with E-state index in [2.05, 4.69) is 18.7 Å². The van der Waals surface area contributed by atoms with Crippen LogP contribution in [0, 0.1) is 11.8 Å². The van der Waals surface area contributed by atoms with Crippen molar-refractivity contribution in [2.75, 3.05) is 33.2 Å². The van der Waals surface area contributed by atoms with Crippen LogP contribution in [0.4, 0.5) is 0 Å². The van der Waals surface area contributed by atoms with Crippen LogP contribution in [-0.2, 0) is 26.3 Å². The summed E-state index contributed by atoms with van der Waals surface area (Å²) in [5, 5.41) is 1.94. The maximum atomic E-state index is 13.7. The molecule has 2 unspecified atom stereocenters. The number of amides is 3. The van der Waals surface area contributed by atoms with Crippen LogP contribution in [0.3, 0.4) is 0 Å². The van der Waals surface area contributed by atoms with E-state index in [-0.39, 0.29) is 37.1 Å². The third kappa shape index (κ3) is 5.26. The zero-order valence-electron chi connectivity index (χ0n) is 20.4. The molecule has 2 fully saturated rings. The second-order valence-corrected chi connectivity index (χ2v) is 11.3. The summed E-state index contributed by atoms with van der Waals surface area (Å²) in [6, 6.07) is 13.2. The minimum Gasteiger partial charge on any atom is -0.345 e. The van der Waals surface area contributed by atoms with Crippen LogP contribution in [0.15, 0.2) is 47.8 Å². The molecule has 1 aromatic carbocycles. The number of imide groups is 1. The number of hydrogen-bond acceptors (Lipinski definition) is 5. The summed E-state index contributed by atoms with van der Waals surface area (Å²) < 4.78 is 0. The van der Waals surface area contributed by atoms with E-state index in [4.69, 9.17) is 0 Å². The van der Waals surface area contributed by atoms with Gasteiger partial charge in [0.25, 0.3) is 0 Å². The molecule has 0 saturated carbocycles. The fraction of sp³-hybridized carbons (Fsp3) is 0.519. The predicted octanol–water partition coefficient (Wildman–Crippen LogP) is 3.77. The summed E-state index contributed by atoms with van der Waals surface area (Å²) in [5.41, 5.74) is -0.395. The molecular formula is C27H35N3O3S. The molecule has 0 N–H and O–H groups in total. The second kappa shape index (κ2) is 10.4. The summed E-state index contributed by atoms with van der Waals surface area (Å²) in [7, 11) is 1.83. The van der Waals surface area contributed by atoms with E-state index in [1.54, 1.807) is 4.90 Å². The Morgan fingerprint density at radius 2 is 1.94 bits per heavy atom. The number of likely N-dealkylation sites (tertiary alicyclic amines) is 2. The average Bonchev–Trinajstić information content (AvgIpc) is 3.52. The molecule has 2 aliphatic rings. The number of carbonyl (C=O) groups excluding carboxylic acids is 3. The van der Waals surface area contributed by atoms with Gasteiger partial charge in [-0.3, -0.25) is 19.3 Å². The molecule has 2 aromatic rings. The van der Waals surface area contributed by atoms with Crippen LogP contribution in [0.1, 0.15) is 43.6 Å². The standard InChI is InChI=1S/C27H35N3O3S/c1-20(2)16-29-12-11-21(18-29)17-28(3)24(31)14-27(22-8-5-4-6-9-22)15-25(32)30(26(27)33)19-23-10-7-13-34-23/h4-10,13,20-21H,11-12,14-19H2,1-3H3. The fourth-order valence-electron chi connectivity index (χ4n) is 5.37. The molecule has 1 aromatic heterocycles. The zero-order valence-corrected chi connectivity index (χ0v) is 21.2. The van der Waals surface area contributed by atoms with Gasteiger partial charge in [-0.05, 0) is 41.8 Å². The smallest absolute Gasteiger partial charge is 0.241 e. The highest BCUT2D eigenvalue weighted by Gasteiger charge is 2.54. The van der Waals surface area contributed by atoms with Gasteiger partial charge in [-0.25, -0.2) is 0 Å². The molecule has 0 bridgehead atoms. The SMILES string of the molecule is CC(C)CN1CCC(CN(C)C(=O)CC2(c3ccccc3)CC(=O)N(Cc3cccs3)C2=O)C1. The molecule has 4 rings (SSSR count). The van der Waals surface area contributed by atoms with Crippen LogP contribution < -0.4 is 0 Å². The van der Waals surface area contributed by atoms with Gasteiger partial charge in [0.05, 0.1) is 12.0 Å². The quantitative estimate of drug-likeness (QED) is 0.512. The molecule has 2 saturated heterocycles. The van der Waals surface area contributed by atoms with Crippen molar-refractivity contribution in [3.63, 3.8) is 0 Å². The van der Waals surface area contributed by atoms with Gasteiger partial charge in [0.2, 0.25) is 17.7 Å². The first-order chi connectivity index (χ1) is 16.3. The lowest BCUT2D eigenvalue weighted by atomic mass is 9.75. The number of carbonyl (C=O) groups is 3. The second-order valence-electron chi connectivity index (χ2n) is 10.2. The van der Waals surface area contributed by atoms with E-state index in [9.17, 15) is 14.4 Å². The third-order valence-corrected chi connectivity index (χ3v) is 7.89. The highest BCUT2D eigenvalue weighted by molar-refractivity contribution is 7.09. The van der Waals surface area contributed by atoms with E-state index in [0.29, 0.717) is 18.4 Å². The molecular weight excluding hydrogens is 446 g/mol. The Balaban J connectivity index is 1.49. The molecule has 182 valence electrons. The van der Waals surface area contributed by atoms with Gasteiger partial charge in [0, 0.05) is 44.4 Å². The molecule has 6 nitrogen and oxygen atoms in total. The molecule has 0 spiro atoms. The normalized spacial score (nSPS) is 23.3. The Labute approximate surface area is 206 Å². The average molecular weight is 482 g/mol. The largest absolute Gasteiger partial charge is 0.345 e. The topological polar surface area (TPSA) is 60.9 Å². The van der Waals surface area contributed by atoms with Gasteiger partial charge in [-0.2, -0.15) is 0 Å². The van der Waals surface area contributed by atoms with Gasteiger partial charge in [0.15, 0.2) is 0 Å². The Bertz CT molecular complexity index is 1010. The zero-order chi connectivity index (χ0) is 24.3. The lowest BCUT2D eigenvalue weighted by molar-refractivity contribution is -0.143. The number of thiophene rings is 1. The Kier molecular flexibility index (Phi) is 7.53. The number of rotatable bonds is 9. The predicted molar refractivity (Wildman–Crippen MR) is 134 cm³/mol. The minimum atomic E-state index is -1.14. The van der Waals surface area contributed by atoms with Crippen molar-refractivity contribution in [1.82, 2.24) is 14.7 Å². The Morgan fingerprint density at radius 1 is 1.18 bits per heavy atom. The van der Waals surface area contributed by atoms with Gasteiger partial charge in [-0.15, -0.1) is 11.3 Å². The highest BCUT2D eigenvalue weighted by Crippen LogP contribution is 2.41. The van der Waals surface area contributed by atoms with Crippen LogP contribution >= 0.6 is 11.3 Å². The van der Waals surface area contributed by atoms with Gasteiger partial charge < -0.3 is 9.80 Å². The molecule has 2 atom stereocenters. The highest BCUT2D eigenvalue weighted by atomic mass is 32.1. The van der Waals surface area contributed by atoms with Gasteiger partial charge >= 0.3 is 0 Å². The molecule has 0 radical (unpaired) electrons. The van der Waals surface area contributed by atoms with Gasteiger partial charge in [-0.1, -0.05) is 50.2 Å². The van der Waals surface area contributed by atoms with Gasteiger partial charge in [0.1, 0.15) is 0 Å². The molecule has 3 heterocycles. The van der Waals surface area contributed by atoms with Crippen LogP contribution in [-0.4, -0.2) is 65.6 Å².